The fraction of sp³-hybridized carbons (Fsp3) is 0.500. The van der Waals surface area contributed by atoms with Gasteiger partial charge in [0.15, 0.2) is 17.6 Å². The number of carbonyl (C=O) groups is 1. The van der Waals surface area contributed by atoms with Crippen molar-refractivity contribution in [3.05, 3.63) is 23.8 Å². The van der Waals surface area contributed by atoms with Crippen LogP contribution in [0.4, 0.5) is 0 Å². The van der Waals surface area contributed by atoms with E-state index in [-0.39, 0.29) is 6.04 Å². The van der Waals surface area contributed by atoms with E-state index in [9.17, 15) is 4.79 Å². The Balaban J connectivity index is 2.98. The first-order valence-corrected chi connectivity index (χ1v) is 6.36. The molecule has 0 aliphatic carbocycles. The number of rotatable bonds is 7. The normalized spacial score (nSPS) is 13.7. The van der Waals surface area contributed by atoms with E-state index in [4.69, 9.17) is 20.9 Å². The fourth-order valence-electron chi connectivity index (χ4n) is 1.81. The van der Waals surface area contributed by atoms with Gasteiger partial charge in [0.1, 0.15) is 0 Å². The molecule has 0 spiro atoms. The monoisotopic (exact) mass is 266 g/mol. The highest BCUT2D eigenvalue weighted by Crippen LogP contribution is 2.29. The molecule has 0 aliphatic heterocycles. The van der Waals surface area contributed by atoms with Gasteiger partial charge >= 0.3 is 0 Å². The van der Waals surface area contributed by atoms with Gasteiger partial charge in [0.2, 0.25) is 0 Å². The largest absolute Gasteiger partial charge is 0.493 e. The summed E-state index contributed by atoms with van der Waals surface area (Å²) in [4.78, 5) is 11.2. The molecule has 0 radical (unpaired) electrons. The molecule has 5 heteroatoms. The second kappa shape index (κ2) is 6.99. The molecule has 2 unspecified atom stereocenters. The summed E-state index contributed by atoms with van der Waals surface area (Å²) in [5.41, 5.74) is 12.1. The summed E-state index contributed by atoms with van der Waals surface area (Å²) >= 11 is 0. The number of primary amides is 1. The van der Waals surface area contributed by atoms with Crippen molar-refractivity contribution in [2.75, 3.05) is 7.11 Å². The Kier molecular flexibility index (Phi) is 5.63. The third-order valence-electron chi connectivity index (χ3n) is 2.74. The molecule has 5 nitrogen and oxygen atoms in total. The second-order valence-corrected chi connectivity index (χ2v) is 4.58. The summed E-state index contributed by atoms with van der Waals surface area (Å²) < 4.78 is 10.9. The number of carbonyl (C=O) groups excluding carboxylic acids is 1. The van der Waals surface area contributed by atoms with E-state index in [1.807, 2.05) is 26.0 Å². The Bertz CT molecular complexity index is 433. The molecule has 19 heavy (non-hydrogen) atoms. The first-order chi connectivity index (χ1) is 8.97. The minimum Gasteiger partial charge on any atom is -0.493 e. The van der Waals surface area contributed by atoms with Gasteiger partial charge in [-0.25, -0.2) is 0 Å². The standard InChI is InChI=1S/C14H22N2O3/c1-4-11(14(16)17)19-13-8-10(7-9(2)15)5-6-12(13)18-3/h5-6,8-9,11H,4,7,15H2,1-3H3,(H2,16,17). The second-order valence-electron chi connectivity index (χ2n) is 4.58. The Hall–Kier alpha value is -1.75. The molecule has 0 aliphatic rings. The van der Waals surface area contributed by atoms with Crippen molar-refractivity contribution in [1.29, 1.82) is 0 Å². The molecule has 4 N–H and O–H groups in total. The summed E-state index contributed by atoms with van der Waals surface area (Å²) in [6.45, 7) is 3.77. The van der Waals surface area contributed by atoms with Crippen molar-refractivity contribution < 1.29 is 14.3 Å². The van der Waals surface area contributed by atoms with Gasteiger partial charge in [-0.3, -0.25) is 4.79 Å². The van der Waals surface area contributed by atoms with E-state index in [1.54, 1.807) is 13.2 Å². The van der Waals surface area contributed by atoms with Crippen LogP contribution < -0.4 is 20.9 Å². The fourth-order valence-corrected chi connectivity index (χ4v) is 1.81. The number of benzene rings is 1. The van der Waals surface area contributed by atoms with E-state index < -0.39 is 12.0 Å². The van der Waals surface area contributed by atoms with Gasteiger partial charge in [-0.05, 0) is 37.5 Å². The van der Waals surface area contributed by atoms with Crippen LogP contribution in [-0.2, 0) is 11.2 Å². The van der Waals surface area contributed by atoms with Crippen molar-refractivity contribution in [2.24, 2.45) is 11.5 Å². The molecule has 106 valence electrons. The van der Waals surface area contributed by atoms with Crippen LogP contribution in [0.5, 0.6) is 11.5 Å². The smallest absolute Gasteiger partial charge is 0.258 e. The van der Waals surface area contributed by atoms with Crippen molar-refractivity contribution in [2.45, 2.75) is 38.8 Å². The molecule has 0 heterocycles. The maximum absolute atomic E-state index is 11.2. The topological polar surface area (TPSA) is 87.6 Å². The summed E-state index contributed by atoms with van der Waals surface area (Å²) in [7, 11) is 1.55. The van der Waals surface area contributed by atoms with Gasteiger partial charge in [-0.15, -0.1) is 0 Å². The lowest BCUT2D eigenvalue weighted by molar-refractivity contribution is -0.124. The Morgan fingerprint density at radius 1 is 1.37 bits per heavy atom. The van der Waals surface area contributed by atoms with E-state index >= 15 is 0 Å². The average Bonchev–Trinajstić information content (AvgIpc) is 2.35. The minimum absolute atomic E-state index is 0.0550. The lowest BCUT2D eigenvalue weighted by Crippen LogP contribution is -2.33. The number of hydrogen-bond acceptors (Lipinski definition) is 4. The quantitative estimate of drug-likeness (QED) is 0.777. The molecule has 0 bridgehead atoms. The Morgan fingerprint density at radius 2 is 2.05 bits per heavy atom. The molecular weight excluding hydrogens is 244 g/mol. The van der Waals surface area contributed by atoms with Crippen LogP contribution in [-0.4, -0.2) is 25.2 Å². The lowest BCUT2D eigenvalue weighted by atomic mass is 10.1. The van der Waals surface area contributed by atoms with Crippen LogP contribution in [0, 0.1) is 0 Å². The molecule has 0 fully saturated rings. The Morgan fingerprint density at radius 3 is 2.53 bits per heavy atom. The molecule has 0 aromatic heterocycles. The maximum atomic E-state index is 11.2. The van der Waals surface area contributed by atoms with Crippen molar-refractivity contribution in [3.8, 4) is 11.5 Å². The summed E-state index contributed by atoms with van der Waals surface area (Å²) in [5.74, 6) is 0.613. The van der Waals surface area contributed by atoms with Gasteiger partial charge in [-0.2, -0.15) is 0 Å². The van der Waals surface area contributed by atoms with E-state index in [2.05, 4.69) is 0 Å². The van der Waals surface area contributed by atoms with Gasteiger partial charge in [0, 0.05) is 6.04 Å². The maximum Gasteiger partial charge on any atom is 0.258 e. The van der Waals surface area contributed by atoms with E-state index in [0.29, 0.717) is 17.9 Å². The van der Waals surface area contributed by atoms with Crippen molar-refractivity contribution in [3.63, 3.8) is 0 Å². The summed E-state index contributed by atoms with van der Waals surface area (Å²) in [6, 6.07) is 5.63. The number of ether oxygens (including phenoxy) is 2. The molecule has 1 aromatic rings. The third-order valence-corrected chi connectivity index (χ3v) is 2.74. The van der Waals surface area contributed by atoms with Crippen molar-refractivity contribution in [1.82, 2.24) is 0 Å². The van der Waals surface area contributed by atoms with Gasteiger partial charge in [0.25, 0.3) is 5.91 Å². The highest BCUT2D eigenvalue weighted by atomic mass is 16.5. The average molecular weight is 266 g/mol. The molecular formula is C14H22N2O3. The SMILES string of the molecule is CCC(Oc1cc(CC(C)N)ccc1OC)C(N)=O. The van der Waals surface area contributed by atoms with Gasteiger partial charge in [-0.1, -0.05) is 13.0 Å². The van der Waals surface area contributed by atoms with E-state index in [1.165, 1.54) is 0 Å². The summed E-state index contributed by atoms with van der Waals surface area (Å²) in [5, 5.41) is 0. The van der Waals surface area contributed by atoms with Crippen LogP contribution in [0.25, 0.3) is 0 Å². The van der Waals surface area contributed by atoms with Crippen LogP contribution in [0.3, 0.4) is 0 Å². The molecule has 1 amide bonds. The molecule has 0 saturated heterocycles. The van der Waals surface area contributed by atoms with Crippen molar-refractivity contribution >= 4 is 5.91 Å². The molecule has 1 rings (SSSR count). The third kappa shape index (κ3) is 4.44. The van der Waals surface area contributed by atoms with Gasteiger partial charge in [0.05, 0.1) is 7.11 Å². The van der Waals surface area contributed by atoms with Gasteiger partial charge < -0.3 is 20.9 Å². The zero-order chi connectivity index (χ0) is 14.4. The highest BCUT2D eigenvalue weighted by Gasteiger charge is 2.17. The number of nitrogens with two attached hydrogens (primary N) is 2. The Labute approximate surface area is 113 Å². The lowest BCUT2D eigenvalue weighted by Gasteiger charge is -2.17. The number of hydrogen-bond donors (Lipinski definition) is 2. The van der Waals surface area contributed by atoms with Crippen LogP contribution in [0.2, 0.25) is 0 Å². The molecule has 0 saturated carbocycles. The molecule has 2 atom stereocenters. The minimum atomic E-state index is -0.653. The van der Waals surface area contributed by atoms with Crippen LogP contribution in [0.15, 0.2) is 18.2 Å². The van der Waals surface area contributed by atoms with Crippen LogP contribution in [0.1, 0.15) is 25.8 Å². The summed E-state index contributed by atoms with van der Waals surface area (Å²) in [6.07, 6.45) is 0.587. The predicted molar refractivity (Wildman–Crippen MR) is 74.2 cm³/mol. The van der Waals surface area contributed by atoms with Crippen LogP contribution >= 0.6 is 0 Å². The zero-order valence-corrected chi connectivity index (χ0v) is 11.7. The highest BCUT2D eigenvalue weighted by molar-refractivity contribution is 5.79. The molecule has 1 aromatic carbocycles. The number of amides is 1. The predicted octanol–water partition coefficient (Wildman–Crippen LogP) is 1.23. The van der Waals surface area contributed by atoms with E-state index in [0.717, 1.165) is 12.0 Å². The zero-order valence-electron chi connectivity index (χ0n) is 11.7. The number of methoxy groups -OCH3 is 1. The first kappa shape index (κ1) is 15.3. The first-order valence-electron chi connectivity index (χ1n) is 6.36.